The first kappa shape index (κ1) is 25.4. The van der Waals surface area contributed by atoms with Crippen LogP contribution in [0.4, 0.5) is 30.7 Å². The van der Waals surface area contributed by atoms with E-state index in [0.717, 1.165) is 0 Å². The van der Waals surface area contributed by atoms with Crippen LogP contribution in [-0.2, 0) is 28.5 Å². The number of amides is 1. The number of rotatable bonds is 5. The first-order valence-electron chi connectivity index (χ1n) is 11.0. The van der Waals surface area contributed by atoms with Gasteiger partial charge in [-0.05, 0) is 60.2 Å². The zero-order chi connectivity index (χ0) is 25.5. The van der Waals surface area contributed by atoms with Crippen molar-refractivity contribution in [3.05, 3.63) is 70.5 Å². The number of hydrogen-bond acceptors (Lipinski definition) is 3. The molecule has 4 rings (SSSR count). The van der Waals surface area contributed by atoms with Crippen LogP contribution in [0, 0.1) is 11.7 Å². The molecule has 2 aromatic rings. The van der Waals surface area contributed by atoms with Crippen LogP contribution in [0.1, 0.15) is 47.4 Å². The summed E-state index contributed by atoms with van der Waals surface area (Å²) in [6.07, 6.45) is -10.6. The fraction of sp³-hybridized carbons (Fsp3) is 0.458. The molecule has 0 radical (unpaired) electrons. The molecule has 35 heavy (non-hydrogen) atoms. The molecule has 1 heterocycles. The summed E-state index contributed by atoms with van der Waals surface area (Å²) in [7, 11) is 0. The van der Waals surface area contributed by atoms with E-state index >= 15 is 0 Å². The highest BCUT2D eigenvalue weighted by molar-refractivity contribution is 5.83. The lowest BCUT2D eigenvalue weighted by Crippen LogP contribution is -2.36. The molecule has 0 spiro atoms. The topological polar surface area (TPSA) is 58.6 Å². The van der Waals surface area contributed by atoms with E-state index in [2.05, 4.69) is 5.32 Å². The number of aliphatic hydroxyl groups excluding tert-OH is 1. The van der Waals surface area contributed by atoms with Gasteiger partial charge in [0.1, 0.15) is 11.9 Å². The van der Waals surface area contributed by atoms with Crippen LogP contribution in [0.25, 0.3) is 0 Å². The quantitative estimate of drug-likeness (QED) is 0.550. The molecule has 1 saturated heterocycles. The number of benzene rings is 2. The summed E-state index contributed by atoms with van der Waals surface area (Å²) >= 11 is 0. The Morgan fingerprint density at radius 3 is 2.06 bits per heavy atom. The van der Waals surface area contributed by atoms with E-state index in [-0.39, 0.29) is 24.0 Å². The van der Waals surface area contributed by atoms with Crippen LogP contribution in [0.3, 0.4) is 0 Å². The van der Waals surface area contributed by atoms with Crippen molar-refractivity contribution in [2.24, 2.45) is 5.92 Å². The monoisotopic (exact) mass is 505 g/mol. The van der Waals surface area contributed by atoms with Gasteiger partial charge in [-0.3, -0.25) is 4.79 Å². The summed E-state index contributed by atoms with van der Waals surface area (Å²) < 4.78 is 98.5. The maximum Gasteiger partial charge on any atom is 0.416 e. The first-order valence-corrected chi connectivity index (χ1v) is 11.0. The van der Waals surface area contributed by atoms with E-state index in [1.165, 1.54) is 24.3 Å². The van der Waals surface area contributed by atoms with Gasteiger partial charge in [0.05, 0.1) is 23.8 Å². The second kappa shape index (κ2) is 9.42. The van der Waals surface area contributed by atoms with Crippen molar-refractivity contribution < 1.29 is 45.4 Å². The molecule has 0 bridgehead atoms. The van der Waals surface area contributed by atoms with Crippen LogP contribution in [0.15, 0.2) is 42.5 Å². The Bertz CT molecular complexity index is 1040. The minimum Gasteiger partial charge on any atom is -0.383 e. The molecular formula is C24H22F7NO3. The highest BCUT2D eigenvalue weighted by atomic mass is 19.4. The van der Waals surface area contributed by atoms with E-state index in [1.54, 1.807) is 0 Å². The predicted molar refractivity (Wildman–Crippen MR) is 109 cm³/mol. The van der Waals surface area contributed by atoms with Gasteiger partial charge in [-0.15, -0.1) is 0 Å². The van der Waals surface area contributed by atoms with Gasteiger partial charge in [0.2, 0.25) is 5.91 Å². The van der Waals surface area contributed by atoms with Crippen molar-refractivity contribution in [2.45, 2.75) is 62.4 Å². The summed E-state index contributed by atoms with van der Waals surface area (Å²) in [5.74, 6) is -1.63. The maximum absolute atomic E-state index is 13.5. The molecule has 1 aliphatic carbocycles. The van der Waals surface area contributed by atoms with E-state index in [9.17, 15) is 40.6 Å². The van der Waals surface area contributed by atoms with Gasteiger partial charge < -0.3 is 15.2 Å². The Kier molecular flexibility index (Phi) is 6.85. The van der Waals surface area contributed by atoms with Crippen molar-refractivity contribution in [1.29, 1.82) is 0 Å². The lowest BCUT2D eigenvalue weighted by atomic mass is 9.82. The van der Waals surface area contributed by atoms with Gasteiger partial charge in [-0.2, -0.15) is 26.3 Å². The number of carbonyl (C=O) groups is 1. The third-order valence-corrected chi connectivity index (χ3v) is 6.64. The number of carbonyl (C=O) groups excluding carboxylic acids is 1. The lowest BCUT2D eigenvalue weighted by molar-refractivity contribution is -0.143. The Morgan fingerprint density at radius 1 is 0.943 bits per heavy atom. The molecule has 1 saturated carbocycles. The van der Waals surface area contributed by atoms with E-state index in [4.69, 9.17) is 4.74 Å². The van der Waals surface area contributed by atoms with Crippen molar-refractivity contribution in [2.75, 3.05) is 0 Å². The summed E-state index contributed by atoms with van der Waals surface area (Å²) in [4.78, 5) is 11.8. The molecule has 2 N–H and O–H groups in total. The standard InChI is InChI=1S/C24H22F7NO3/c25-16-3-1-13(2-4-16)21-17(18-10-19(33)22(34)32-18)5-6-20(21)35-11-12-7-14(23(26,27)28)9-15(8-12)24(29,30)31/h1-4,7-9,17-21,33H,5-6,10-11H2,(H,32,34)/t17-,18?,19-,20-,21-/m0/s1. The average molecular weight is 505 g/mol. The number of hydrogen-bond donors (Lipinski definition) is 2. The van der Waals surface area contributed by atoms with Gasteiger partial charge in [-0.1, -0.05) is 12.1 Å². The molecule has 4 nitrogen and oxygen atoms in total. The molecule has 2 fully saturated rings. The fourth-order valence-electron chi connectivity index (χ4n) is 5.05. The maximum atomic E-state index is 13.5. The van der Waals surface area contributed by atoms with Gasteiger partial charge in [0.25, 0.3) is 0 Å². The summed E-state index contributed by atoms with van der Waals surface area (Å²) in [6, 6.07) is 6.47. The largest absolute Gasteiger partial charge is 0.416 e. The van der Waals surface area contributed by atoms with E-state index < -0.39 is 66.0 Å². The van der Waals surface area contributed by atoms with E-state index in [0.29, 0.717) is 30.5 Å². The average Bonchev–Trinajstić information content (AvgIpc) is 3.34. The SMILES string of the molecule is O=C1NC([C@@H]2CC[C@H](OCc3cc(C(F)(F)F)cc(C(F)(F)F)c3)[C@H]2c2ccc(F)cc2)C[C@@H]1O. The van der Waals surface area contributed by atoms with Crippen molar-refractivity contribution in [1.82, 2.24) is 5.32 Å². The molecule has 1 aliphatic heterocycles. The van der Waals surface area contributed by atoms with Crippen molar-refractivity contribution in [3.8, 4) is 0 Å². The smallest absolute Gasteiger partial charge is 0.383 e. The Hall–Kier alpha value is -2.66. The Labute approximate surface area is 196 Å². The second-order valence-corrected chi connectivity index (χ2v) is 8.95. The van der Waals surface area contributed by atoms with Gasteiger partial charge in [0.15, 0.2) is 0 Å². The van der Waals surface area contributed by atoms with Gasteiger partial charge in [0, 0.05) is 18.4 Å². The van der Waals surface area contributed by atoms with Crippen LogP contribution in [0.5, 0.6) is 0 Å². The molecule has 11 heteroatoms. The second-order valence-electron chi connectivity index (χ2n) is 8.95. The third kappa shape index (κ3) is 5.61. The van der Waals surface area contributed by atoms with Crippen LogP contribution >= 0.6 is 0 Å². The zero-order valence-electron chi connectivity index (χ0n) is 18.2. The Morgan fingerprint density at radius 2 is 1.54 bits per heavy atom. The fourth-order valence-corrected chi connectivity index (χ4v) is 5.05. The molecule has 1 amide bonds. The van der Waals surface area contributed by atoms with Crippen LogP contribution in [0.2, 0.25) is 0 Å². The molecular weight excluding hydrogens is 483 g/mol. The molecule has 1 unspecified atom stereocenters. The highest BCUT2D eigenvalue weighted by Gasteiger charge is 2.46. The Balaban J connectivity index is 1.59. The van der Waals surface area contributed by atoms with Crippen molar-refractivity contribution in [3.63, 3.8) is 0 Å². The number of nitrogens with one attached hydrogen (secondary N) is 1. The van der Waals surface area contributed by atoms with Crippen LogP contribution in [-0.4, -0.2) is 29.3 Å². The van der Waals surface area contributed by atoms with Crippen molar-refractivity contribution >= 4 is 5.91 Å². The number of aliphatic hydroxyl groups is 1. The minimum absolute atomic E-state index is 0.0600. The normalized spacial score (nSPS) is 27.3. The number of ether oxygens (including phenoxy) is 1. The number of alkyl halides is 6. The highest BCUT2D eigenvalue weighted by Crippen LogP contribution is 2.45. The first-order chi connectivity index (χ1) is 16.3. The van der Waals surface area contributed by atoms with Gasteiger partial charge >= 0.3 is 12.4 Å². The predicted octanol–water partition coefficient (Wildman–Crippen LogP) is 5.19. The zero-order valence-corrected chi connectivity index (χ0v) is 18.2. The molecule has 0 aromatic heterocycles. The molecule has 2 aliphatic rings. The minimum atomic E-state index is -4.97. The summed E-state index contributed by atoms with van der Waals surface area (Å²) in [6.45, 7) is -0.498. The molecule has 2 aromatic carbocycles. The molecule has 190 valence electrons. The van der Waals surface area contributed by atoms with E-state index in [1.807, 2.05) is 0 Å². The lowest BCUT2D eigenvalue weighted by Gasteiger charge is -2.29. The summed E-state index contributed by atoms with van der Waals surface area (Å²) in [5.41, 5.74) is -2.46. The van der Waals surface area contributed by atoms with Crippen LogP contribution < -0.4 is 5.32 Å². The summed E-state index contributed by atoms with van der Waals surface area (Å²) in [5, 5.41) is 12.6. The third-order valence-electron chi connectivity index (χ3n) is 6.64. The number of halogens is 7. The molecule has 5 atom stereocenters. The van der Waals surface area contributed by atoms with Gasteiger partial charge in [-0.25, -0.2) is 4.39 Å².